The Morgan fingerprint density at radius 1 is 1.17 bits per heavy atom. The maximum absolute atomic E-state index is 12.4. The highest BCUT2D eigenvalue weighted by Gasteiger charge is 2.08. The summed E-state index contributed by atoms with van der Waals surface area (Å²) in [7, 11) is 0. The molecule has 0 spiro atoms. The lowest BCUT2D eigenvalue weighted by molar-refractivity contribution is 0.102. The van der Waals surface area contributed by atoms with Crippen LogP contribution < -0.4 is 5.32 Å². The molecule has 2 aromatic carbocycles. The number of benzene rings is 2. The highest BCUT2D eigenvalue weighted by Crippen LogP contribution is 2.18. The predicted molar refractivity (Wildman–Crippen MR) is 92.8 cm³/mol. The number of aryl methyl sites for hydroxylation is 1. The normalized spacial score (nSPS) is 10.6. The molecule has 0 bridgehead atoms. The first-order valence-corrected chi connectivity index (χ1v) is 7.74. The topological polar surface area (TPSA) is 67.2 Å². The van der Waals surface area contributed by atoms with E-state index >= 15 is 0 Å². The van der Waals surface area contributed by atoms with Gasteiger partial charge in [-0.05, 0) is 47.9 Å². The Kier molecular flexibility index (Phi) is 4.72. The first kappa shape index (κ1) is 16.0. The Hall–Kier alpha value is -2.92. The van der Waals surface area contributed by atoms with Crippen LogP contribution in [0.2, 0.25) is 0 Å². The number of hydrogen-bond donors (Lipinski definition) is 2. The molecule has 0 atom stereocenters. The molecule has 0 unspecified atom stereocenters. The fraction of sp³-hybridized carbons (Fsp3) is 0.158. The van der Waals surface area contributed by atoms with Crippen LogP contribution in [-0.4, -0.2) is 20.8 Å². The van der Waals surface area contributed by atoms with Gasteiger partial charge in [-0.15, -0.1) is 0 Å². The fourth-order valence-electron chi connectivity index (χ4n) is 2.44. The van der Waals surface area contributed by atoms with Crippen LogP contribution >= 0.6 is 0 Å². The Labute approximate surface area is 140 Å². The van der Waals surface area contributed by atoms with E-state index in [1.165, 1.54) is 0 Å². The van der Waals surface area contributed by atoms with Crippen molar-refractivity contribution in [3.05, 3.63) is 83.2 Å². The van der Waals surface area contributed by atoms with E-state index in [9.17, 15) is 9.90 Å². The van der Waals surface area contributed by atoms with Gasteiger partial charge < -0.3 is 10.4 Å². The quantitative estimate of drug-likeness (QED) is 0.759. The molecule has 5 nitrogen and oxygen atoms in total. The number of hydrogen-bond acceptors (Lipinski definition) is 3. The summed E-state index contributed by atoms with van der Waals surface area (Å²) in [5.74, 6) is -0.168. The van der Waals surface area contributed by atoms with Crippen molar-refractivity contribution in [2.75, 3.05) is 5.32 Å². The smallest absolute Gasteiger partial charge is 0.255 e. The Bertz CT molecular complexity index is 824. The van der Waals surface area contributed by atoms with Gasteiger partial charge in [0.1, 0.15) is 0 Å². The summed E-state index contributed by atoms with van der Waals surface area (Å²) in [4.78, 5) is 12.4. The Morgan fingerprint density at radius 2 is 1.92 bits per heavy atom. The standard InChI is InChI=1S/C19H19N3O2/c1-14-3-4-16(13-23)11-18(14)21-19(24)17-7-5-15(6-8-17)12-22-10-2-9-20-22/h2-11,23H,12-13H2,1H3,(H,21,24). The van der Waals surface area contributed by atoms with Crippen molar-refractivity contribution in [3.8, 4) is 0 Å². The lowest BCUT2D eigenvalue weighted by Gasteiger charge is -2.10. The Balaban J connectivity index is 1.71. The average molecular weight is 321 g/mol. The van der Waals surface area contributed by atoms with Gasteiger partial charge in [0.15, 0.2) is 0 Å². The summed E-state index contributed by atoms with van der Waals surface area (Å²) in [5, 5.41) is 16.3. The van der Waals surface area contributed by atoms with Crippen molar-refractivity contribution in [1.82, 2.24) is 9.78 Å². The summed E-state index contributed by atoms with van der Waals surface area (Å²) in [6.07, 6.45) is 3.64. The highest BCUT2D eigenvalue weighted by atomic mass is 16.3. The molecule has 0 radical (unpaired) electrons. The number of carbonyl (C=O) groups excluding carboxylic acids is 1. The molecular weight excluding hydrogens is 302 g/mol. The molecular formula is C19H19N3O2. The van der Waals surface area contributed by atoms with E-state index < -0.39 is 0 Å². The van der Waals surface area contributed by atoms with E-state index in [1.54, 1.807) is 24.4 Å². The predicted octanol–water partition coefficient (Wildman–Crippen LogP) is 2.98. The molecule has 3 aromatic rings. The van der Waals surface area contributed by atoms with Gasteiger partial charge in [-0.1, -0.05) is 24.3 Å². The third kappa shape index (κ3) is 3.70. The largest absolute Gasteiger partial charge is 0.392 e. The number of aliphatic hydroxyl groups is 1. The van der Waals surface area contributed by atoms with Gasteiger partial charge in [-0.3, -0.25) is 9.48 Å². The molecule has 24 heavy (non-hydrogen) atoms. The minimum absolute atomic E-state index is 0.0503. The zero-order chi connectivity index (χ0) is 16.9. The summed E-state index contributed by atoms with van der Waals surface area (Å²) in [5.41, 5.74) is 4.11. The van der Waals surface area contributed by atoms with Gasteiger partial charge >= 0.3 is 0 Å². The number of carbonyl (C=O) groups is 1. The monoisotopic (exact) mass is 321 g/mol. The summed E-state index contributed by atoms with van der Waals surface area (Å²) < 4.78 is 1.83. The summed E-state index contributed by atoms with van der Waals surface area (Å²) in [6.45, 7) is 2.54. The van der Waals surface area contributed by atoms with Crippen molar-refractivity contribution in [1.29, 1.82) is 0 Å². The lowest BCUT2D eigenvalue weighted by atomic mass is 10.1. The number of aromatic nitrogens is 2. The van der Waals surface area contributed by atoms with Gasteiger partial charge in [0.25, 0.3) is 5.91 Å². The summed E-state index contributed by atoms with van der Waals surface area (Å²) >= 11 is 0. The molecule has 122 valence electrons. The average Bonchev–Trinajstić information content (AvgIpc) is 3.10. The molecule has 2 N–H and O–H groups in total. The van der Waals surface area contributed by atoms with E-state index in [0.717, 1.165) is 16.7 Å². The molecule has 0 aliphatic carbocycles. The Morgan fingerprint density at radius 3 is 2.58 bits per heavy atom. The SMILES string of the molecule is Cc1ccc(CO)cc1NC(=O)c1ccc(Cn2cccn2)cc1. The van der Waals surface area contributed by atoms with Crippen molar-refractivity contribution < 1.29 is 9.90 Å². The van der Waals surface area contributed by atoms with Crippen LogP contribution in [-0.2, 0) is 13.2 Å². The molecule has 1 aromatic heterocycles. The second-order valence-corrected chi connectivity index (χ2v) is 5.66. The van der Waals surface area contributed by atoms with Crippen LogP contribution in [0.3, 0.4) is 0 Å². The molecule has 1 heterocycles. The molecule has 5 heteroatoms. The molecule has 3 rings (SSSR count). The third-order valence-electron chi connectivity index (χ3n) is 3.85. The molecule has 0 aliphatic heterocycles. The van der Waals surface area contributed by atoms with Crippen molar-refractivity contribution >= 4 is 11.6 Å². The van der Waals surface area contributed by atoms with Gasteiger partial charge in [0.2, 0.25) is 0 Å². The number of anilines is 1. The van der Waals surface area contributed by atoms with Gasteiger partial charge in [0.05, 0.1) is 13.2 Å². The van der Waals surface area contributed by atoms with Gasteiger partial charge in [0, 0.05) is 23.6 Å². The van der Waals surface area contributed by atoms with Crippen LogP contribution in [0.15, 0.2) is 60.9 Å². The lowest BCUT2D eigenvalue weighted by Crippen LogP contribution is -2.13. The van der Waals surface area contributed by atoms with Gasteiger partial charge in [-0.25, -0.2) is 0 Å². The maximum Gasteiger partial charge on any atom is 0.255 e. The van der Waals surface area contributed by atoms with E-state index in [0.29, 0.717) is 17.8 Å². The maximum atomic E-state index is 12.4. The number of nitrogens with zero attached hydrogens (tertiary/aromatic N) is 2. The van der Waals surface area contributed by atoms with Crippen LogP contribution in [0.1, 0.15) is 27.0 Å². The first-order valence-electron chi connectivity index (χ1n) is 7.74. The fourth-order valence-corrected chi connectivity index (χ4v) is 2.44. The molecule has 1 amide bonds. The molecule has 0 saturated heterocycles. The second-order valence-electron chi connectivity index (χ2n) is 5.66. The van der Waals surface area contributed by atoms with Gasteiger partial charge in [-0.2, -0.15) is 5.10 Å². The number of amides is 1. The number of aliphatic hydroxyl groups excluding tert-OH is 1. The number of rotatable bonds is 5. The van der Waals surface area contributed by atoms with Crippen LogP contribution in [0.5, 0.6) is 0 Å². The molecule has 0 saturated carbocycles. The minimum Gasteiger partial charge on any atom is -0.392 e. The highest BCUT2D eigenvalue weighted by molar-refractivity contribution is 6.04. The number of nitrogens with one attached hydrogen (secondary N) is 1. The van der Waals surface area contributed by atoms with Crippen molar-refractivity contribution in [2.24, 2.45) is 0 Å². The molecule has 0 aliphatic rings. The van der Waals surface area contributed by atoms with E-state index in [-0.39, 0.29) is 12.5 Å². The zero-order valence-corrected chi connectivity index (χ0v) is 13.4. The minimum atomic E-state index is -0.168. The van der Waals surface area contributed by atoms with Crippen LogP contribution in [0.25, 0.3) is 0 Å². The summed E-state index contributed by atoms with van der Waals surface area (Å²) in [6, 6.07) is 14.9. The van der Waals surface area contributed by atoms with Crippen LogP contribution in [0, 0.1) is 6.92 Å². The second kappa shape index (κ2) is 7.10. The van der Waals surface area contributed by atoms with E-state index in [1.807, 2.05) is 48.1 Å². The van der Waals surface area contributed by atoms with Crippen molar-refractivity contribution in [2.45, 2.75) is 20.1 Å². The molecule has 0 fully saturated rings. The van der Waals surface area contributed by atoms with E-state index in [4.69, 9.17) is 0 Å². The van der Waals surface area contributed by atoms with E-state index in [2.05, 4.69) is 10.4 Å². The first-order chi connectivity index (χ1) is 11.7. The van der Waals surface area contributed by atoms with Crippen LogP contribution in [0.4, 0.5) is 5.69 Å². The third-order valence-corrected chi connectivity index (χ3v) is 3.85. The zero-order valence-electron chi connectivity index (χ0n) is 13.4. The van der Waals surface area contributed by atoms with Crippen molar-refractivity contribution in [3.63, 3.8) is 0 Å².